The summed E-state index contributed by atoms with van der Waals surface area (Å²) < 4.78 is 0. The lowest BCUT2D eigenvalue weighted by Crippen LogP contribution is -2.48. The average Bonchev–Trinajstić information content (AvgIpc) is 2.41. The highest BCUT2D eigenvalue weighted by Crippen LogP contribution is 2.09. The van der Waals surface area contributed by atoms with Crippen molar-refractivity contribution < 1.29 is 4.79 Å². The number of piperazine rings is 1. The van der Waals surface area contributed by atoms with E-state index < -0.39 is 0 Å². The van der Waals surface area contributed by atoms with Gasteiger partial charge in [0.25, 0.3) is 0 Å². The van der Waals surface area contributed by atoms with Gasteiger partial charge in [0.05, 0.1) is 19.2 Å². The van der Waals surface area contributed by atoms with Crippen molar-refractivity contribution in [2.24, 2.45) is 0 Å². The zero-order valence-corrected chi connectivity index (χ0v) is 11.8. The minimum Gasteiger partial charge on any atom is -0.325 e. The van der Waals surface area contributed by atoms with E-state index >= 15 is 0 Å². The fourth-order valence-corrected chi connectivity index (χ4v) is 2.33. The molecule has 0 saturated carbocycles. The molecule has 5 nitrogen and oxygen atoms in total. The molecular weight excluding hydrogens is 252 g/mol. The molecule has 0 aliphatic carbocycles. The van der Waals surface area contributed by atoms with Crippen molar-refractivity contribution in [3.8, 4) is 6.07 Å². The van der Waals surface area contributed by atoms with Gasteiger partial charge in [-0.2, -0.15) is 5.26 Å². The summed E-state index contributed by atoms with van der Waals surface area (Å²) in [5.41, 5.74) is 1.98. The maximum absolute atomic E-state index is 12.0. The third kappa shape index (κ3) is 4.34. The Hall–Kier alpha value is -1.90. The molecule has 1 amide bonds. The summed E-state index contributed by atoms with van der Waals surface area (Å²) >= 11 is 0. The van der Waals surface area contributed by atoms with Crippen molar-refractivity contribution >= 4 is 11.6 Å². The van der Waals surface area contributed by atoms with Crippen LogP contribution in [-0.2, 0) is 4.79 Å². The minimum atomic E-state index is 0.0179. The van der Waals surface area contributed by atoms with Crippen LogP contribution in [0.3, 0.4) is 0 Å². The first-order valence-electron chi connectivity index (χ1n) is 6.85. The standard InChI is InChI=1S/C15H20N4O/c1-13-3-2-4-14(11-13)17-15(20)12-19-9-7-18(6-5-16)8-10-19/h2-4,11H,6-10,12H2,1H3,(H,17,20). The number of anilines is 1. The van der Waals surface area contributed by atoms with Crippen LogP contribution in [0, 0.1) is 18.3 Å². The van der Waals surface area contributed by atoms with Gasteiger partial charge in [0.15, 0.2) is 0 Å². The van der Waals surface area contributed by atoms with Crippen LogP contribution in [0.2, 0.25) is 0 Å². The van der Waals surface area contributed by atoms with Gasteiger partial charge in [0.1, 0.15) is 0 Å². The van der Waals surface area contributed by atoms with Crippen LogP contribution in [0.4, 0.5) is 5.69 Å². The Morgan fingerprint density at radius 3 is 2.65 bits per heavy atom. The molecule has 20 heavy (non-hydrogen) atoms. The molecule has 1 aliphatic heterocycles. The Kier molecular flexibility index (Phi) is 5.10. The highest BCUT2D eigenvalue weighted by Gasteiger charge is 2.18. The lowest BCUT2D eigenvalue weighted by atomic mass is 10.2. The van der Waals surface area contributed by atoms with Crippen LogP contribution in [0.15, 0.2) is 24.3 Å². The smallest absolute Gasteiger partial charge is 0.238 e. The van der Waals surface area contributed by atoms with E-state index in [-0.39, 0.29) is 5.91 Å². The number of hydrogen-bond donors (Lipinski definition) is 1. The van der Waals surface area contributed by atoms with Gasteiger partial charge >= 0.3 is 0 Å². The predicted molar refractivity (Wildman–Crippen MR) is 78.3 cm³/mol. The molecule has 1 aromatic rings. The second-order valence-corrected chi connectivity index (χ2v) is 5.13. The highest BCUT2D eigenvalue weighted by molar-refractivity contribution is 5.92. The molecule has 0 atom stereocenters. The molecule has 1 aliphatic rings. The zero-order valence-electron chi connectivity index (χ0n) is 11.8. The third-order valence-corrected chi connectivity index (χ3v) is 3.43. The summed E-state index contributed by atoms with van der Waals surface area (Å²) in [4.78, 5) is 16.2. The number of rotatable bonds is 4. The average molecular weight is 272 g/mol. The van der Waals surface area contributed by atoms with Crippen LogP contribution in [-0.4, -0.2) is 55.0 Å². The van der Waals surface area contributed by atoms with E-state index in [9.17, 15) is 4.79 Å². The molecule has 0 bridgehead atoms. The monoisotopic (exact) mass is 272 g/mol. The predicted octanol–water partition coefficient (Wildman–Crippen LogP) is 1.07. The number of benzene rings is 1. The van der Waals surface area contributed by atoms with E-state index in [1.54, 1.807) is 0 Å². The van der Waals surface area contributed by atoms with E-state index in [1.165, 1.54) is 0 Å². The Bertz CT molecular complexity index is 501. The topological polar surface area (TPSA) is 59.4 Å². The van der Waals surface area contributed by atoms with Crippen LogP contribution in [0.1, 0.15) is 5.56 Å². The Balaban J connectivity index is 1.77. The SMILES string of the molecule is Cc1cccc(NC(=O)CN2CCN(CC#N)CC2)c1. The lowest BCUT2D eigenvalue weighted by Gasteiger charge is -2.32. The van der Waals surface area contributed by atoms with E-state index in [1.807, 2.05) is 31.2 Å². The van der Waals surface area contributed by atoms with Crippen LogP contribution in [0.5, 0.6) is 0 Å². The summed E-state index contributed by atoms with van der Waals surface area (Å²) in [6.07, 6.45) is 0. The third-order valence-electron chi connectivity index (χ3n) is 3.43. The van der Waals surface area contributed by atoms with Gasteiger partial charge in [0.2, 0.25) is 5.91 Å². The second kappa shape index (κ2) is 7.04. The van der Waals surface area contributed by atoms with E-state index in [4.69, 9.17) is 5.26 Å². The second-order valence-electron chi connectivity index (χ2n) is 5.13. The number of amides is 1. The molecule has 0 aromatic heterocycles. The molecule has 0 unspecified atom stereocenters. The maximum Gasteiger partial charge on any atom is 0.238 e. The number of aryl methyl sites for hydroxylation is 1. The van der Waals surface area contributed by atoms with E-state index in [0.717, 1.165) is 37.4 Å². The first-order chi connectivity index (χ1) is 9.67. The zero-order chi connectivity index (χ0) is 14.4. The molecule has 1 fully saturated rings. The first kappa shape index (κ1) is 14.5. The van der Waals surface area contributed by atoms with Gasteiger partial charge in [-0.3, -0.25) is 14.6 Å². The summed E-state index contributed by atoms with van der Waals surface area (Å²) in [6.45, 7) is 6.27. The molecule has 1 N–H and O–H groups in total. The largest absolute Gasteiger partial charge is 0.325 e. The fourth-order valence-electron chi connectivity index (χ4n) is 2.33. The van der Waals surface area contributed by atoms with E-state index in [0.29, 0.717) is 13.1 Å². The van der Waals surface area contributed by atoms with E-state index in [2.05, 4.69) is 21.2 Å². The van der Waals surface area contributed by atoms with Crippen molar-refractivity contribution in [3.05, 3.63) is 29.8 Å². The van der Waals surface area contributed by atoms with Gasteiger partial charge in [-0.15, -0.1) is 0 Å². The molecule has 1 saturated heterocycles. The van der Waals surface area contributed by atoms with Gasteiger partial charge < -0.3 is 5.32 Å². The molecule has 1 aromatic carbocycles. The molecule has 5 heteroatoms. The molecular formula is C15H20N4O. The van der Waals surface area contributed by atoms with Crippen molar-refractivity contribution in [2.45, 2.75) is 6.92 Å². The Morgan fingerprint density at radius 1 is 1.30 bits per heavy atom. The van der Waals surface area contributed by atoms with Crippen molar-refractivity contribution in [2.75, 3.05) is 44.6 Å². The van der Waals surface area contributed by atoms with Crippen LogP contribution in [0.25, 0.3) is 0 Å². The first-order valence-corrected chi connectivity index (χ1v) is 6.85. The van der Waals surface area contributed by atoms with Gasteiger partial charge in [0, 0.05) is 31.9 Å². The van der Waals surface area contributed by atoms with Gasteiger partial charge in [-0.05, 0) is 24.6 Å². The quantitative estimate of drug-likeness (QED) is 0.833. The number of nitrogens with one attached hydrogen (secondary N) is 1. The van der Waals surface area contributed by atoms with Gasteiger partial charge in [-0.1, -0.05) is 12.1 Å². The minimum absolute atomic E-state index is 0.0179. The summed E-state index contributed by atoms with van der Waals surface area (Å²) in [5.74, 6) is 0.0179. The molecule has 1 heterocycles. The molecule has 0 radical (unpaired) electrons. The maximum atomic E-state index is 12.0. The van der Waals surface area contributed by atoms with Crippen LogP contribution >= 0.6 is 0 Å². The Morgan fingerprint density at radius 2 is 2.00 bits per heavy atom. The summed E-state index contributed by atoms with van der Waals surface area (Å²) in [6, 6.07) is 9.96. The number of carbonyl (C=O) groups is 1. The number of hydrogen-bond acceptors (Lipinski definition) is 4. The fraction of sp³-hybridized carbons (Fsp3) is 0.467. The lowest BCUT2D eigenvalue weighted by molar-refractivity contribution is -0.117. The Labute approximate surface area is 119 Å². The normalized spacial score (nSPS) is 16.6. The van der Waals surface area contributed by atoms with Crippen LogP contribution < -0.4 is 5.32 Å². The summed E-state index contributed by atoms with van der Waals surface area (Å²) in [5, 5.41) is 11.6. The van der Waals surface area contributed by atoms with Crippen molar-refractivity contribution in [1.29, 1.82) is 5.26 Å². The number of carbonyl (C=O) groups excluding carboxylic acids is 1. The van der Waals surface area contributed by atoms with Crippen molar-refractivity contribution in [1.82, 2.24) is 9.80 Å². The number of nitrogens with zero attached hydrogens (tertiary/aromatic N) is 3. The van der Waals surface area contributed by atoms with Gasteiger partial charge in [-0.25, -0.2) is 0 Å². The summed E-state index contributed by atoms with van der Waals surface area (Å²) in [7, 11) is 0. The molecule has 2 rings (SSSR count). The highest BCUT2D eigenvalue weighted by atomic mass is 16.2. The van der Waals surface area contributed by atoms with Crippen molar-refractivity contribution in [3.63, 3.8) is 0 Å². The molecule has 106 valence electrons. The number of nitriles is 1. The molecule has 0 spiro atoms.